The smallest absolute Gasteiger partial charge is 0.419 e. The van der Waals surface area contributed by atoms with Crippen LogP contribution in [0.15, 0.2) is 36.4 Å². The van der Waals surface area contributed by atoms with E-state index in [1.165, 1.54) is 37.4 Å². The van der Waals surface area contributed by atoms with Crippen molar-refractivity contribution in [2.24, 2.45) is 0 Å². The first-order valence-electron chi connectivity index (χ1n) is 5.57. The van der Waals surface area contributed by atoms with Crippen molar-refractivity contribution >= 4 is 11.6 Å². The molecule has 0 spiro atoms. The molecule has 0 aromatic heterocycles. The second-order valence-corrected chi connectivity index (χ2v) is 4.49. The van der Waals surface area contributed by atoms with Gasteiger partial charge < -0.3 is 9.84 Å². The Kier molecular flexibility index (Phi) is 3.81. The average molecular weight is 303 g/mol. The summed E-state index contributed by atoms with van der Waals surface area (Å²) < 4.78 is 43.5. The van der Waals surface area contributed by atoms with Gasteiger partial charge in [-0.25, -0.2) is 0 Å². The molecule has 0 radical (unpaired) electrons. The first kappa shape index (κ1) is 14.5. The maximum absolute atomic E-state index is 12.9. The summed E-state index contributed by atoms with van der Waals surface area (Å²) >= 11 is 5.67. The van der Waals surface area contributed by atoms with Crippen molar-refractivity contribution in [2.75, 3.05) is 7.11 Å². The molecule has 106 valence electrons. The van der Waals surface area contributed by atoms with Crippen molar-refractivity contribution in [3.05, 3.63) is 47.0 Å². The van der Waals surface area contributed by atoms with Crippen LogP contribution in [0.2, 0.25) is 5.02 Å². The second kappa shape index (κ2) is 5.25. The number of aromatic hydroxyl groups is 1. The van der Waals surface area contributed by atoms with Gasteiger partial charge in [0.15, 0.2) is 0 Å². The SMILES string of the molecule is COc1ccc(-c2ccc(Cl)c(O)c2)cc1C(F)(F)F. The highest BCUT2D eigenvalue weighted by molar-refractivity contribution is 6.32. The largest absolute Gasteiger partial charge is 0.506 e. The lowest BCUT2D eigenvalue weighted by Gasteiger charge is -2.13. The third kappa shape index (κ3) is 2.82. The Hall–Kier alpha value is -1.88. The molecule has 2 aromatic carbocycles. The zero-order valence-electron chi connectivity index (χ0n) is 10.3. The Balaban J connectivity index is 2.55. The van der Waals surface area contributed by atoms with Gasteiger partial charge in [0.25, 0.3) is 0 Å². The Morgan fingerprint density at radius 1 is 1.05 bits per heavy atom. The molecule has 0 aliphatic carbocycles. The molecule has 1 N–H and O–H groups in total. The van der Waals surface area contributed by atoms with Gasteiger partial charge in [0.2, 0.25) is 0 Å². The van der Waals surface area contributed by atoms with Crippen molar-refractivity contribution in [2.45, 2.75) is 6.18 Å². The topological polar surface area (TPSA) is 29.5 Å². The van der Waals surface area contributed by atoms with E-state index in [0.29, 0.717) is 11.1 Å². The maximum Gasteiger partial charge on any atom is 0.419 e. The van der Waals surface area contributed by atoms with E-state index in [1.54, 1.807) is 0 Å². The summed E-state index contributed by atoms with van der Waals surface area (Å²) in [7, 11) is 1.18. The Morgan fingerprint density at radius 2 is 1.65 bits per heavy atom. The highest BCUT2D eigenvalue weighted by atomic mass is 35.5. The molecular formula is C14H10ClF3O2. The first-order valence-corrected chi connectivity index (χ1v) is 5.95. The van der Waals surface area contributed by atoms with Crippen LogP contribution in [0.3, 0.4) is 0 Å². The lowest BCUT2D eigenvalue weighted by molar-refractivity contribution is -0.138. The summed E-state index contributed by atoms with van der Waals surface area (Å²) in [5, 5.41) is 9.65. The molecule has 6 heteroatoms. The van der Waals surface area contributed by atoms with Crippen molar-refractivity contribution in [3.63, 3.8) is 0 Å². The van der Waals surface area contributed by atoms with E-state index in [9.17, 15) is 18.3 Å². The molecular weight excluding hydrogens is 293 g/mol. The minimum Gasteiger partial charge on any atom is -0.506 e. The quantitative estimate of drug-likeness (QED) is 0.868. The van der Waals surface area contributed by atoms with Crippen LogP contribution >= 0.6 is 11.6 Å². The van der Waals surface area contributed by atoms with E-state index < -0.39 is 11.7 Å². The summed E-state index contributed by atoms with van der Waals surface area (Å²) in [6.45, 7) is 0. The summed E-state index contributed by atoms with van der Waals surface area (Å²) in [6, 6.07) is 7.96. The number of hydrogen-bond acceptors (Lipinski definition) is 2. The lowest BCUT2D eigenvalue weighted by atomic mass is 10.0. The molecule has 0 saturated carbocycles. The summed E-state index contributed by atoms with van der Waals surface area (Å²) in [6.07, 6.45) is -4.52. The third-order valence-electron chi connectivity index (χ3n) is 2.78. The van der Waals surface area contributed by atoms with Crippen LogP contribution in [-0.2, 0) is 6.18 Å². The van der Waals surface area contributed by atoms with Crippen LogP contribution in [0.25, 0.3) is 11.1 Å². The number of alkyl halides is 3. The Labute approximate surface area is 118 Å². The first-order chi connectivity index (χ1) is 9.32. The predicted octanol–water partition coefficient (Wildman–Crippen LogP) is 4.74. The van der Waals surface area contributed by atoms with Crippen LogP contribution < -0.4 is 4.74 Å². The van der Waals surface area contributed by atoms with Crippen molar-refractivity contribution in [3.8, 4) is 22.6 Å². The van der Waals surface area contributed by atoms with E-state index in [1.807, 2.05) is 0 Å². The molecule has 0 unspecified atom stereocenters. The van der Waals surface area contributed by atoms with Gasteiger partial charge in [-0.1, -0.05) is 23.7 Å². The van der Waals surface area contributed by atoms with E-state index in [0.717, 1.165) is 6.07 Å². The number of phenolic OH excluding ortho intramolecular Hbond substituents is 1. The van der Waals surface area contributed by atoms with Gasteiger partial charge in [-0.15, -0.1) is 0 Å². The molecule has 0 fully saturated rings. The zero-order chi connectivity index (χ0) is 14.9. The van der Waals surface area contributed by atoms with E-state index in [2.05, 4.69) is 0 Å². The standard InChI is InChI=1S/C14H10ClF3O2/c1-20-13-5-3-8(6-10(13)14(16,17)18)9-2-4-11(15)12(19)7-9/h2-7,19H,1H3. The molecule has 0 saturated heterocycles. The Morgan fingerprint density at radius 3 is 2.20 bits per heavy atom. The van der Waals surface area contributed by atoms with Gasteiger partial charge in [0.05, 0.1) is 17.7 Å². The number of ether oxygens (including phenoxy) is 1. The van der Waals surface area contributed by atoms with Gasteiger partial charge >= 0.3 is 6.18 Å². The molecule has 0 heterocycles. The van der Waals surface area contributed by atoms with Gasteiger partial charge in [0.1, 0.15) is 11.5 Å². The van der Waals surface area contributed by atoms with Crippen LogP contribution in [0.5, 0.6) is 11.5 Å². The van der Waals surface area contributed by atoms with Crippen molar-refractivity contribution in [1.29, 1.82) is 0 Å². The zero-order valence-corrected chi connectivity index (χ0v) is 11.1. The molecule has 0 bridgehead atoms. The number of hydrogen-bond donors (Lipinski definition) is 1. The molecule has 2 nitrogen and oxygen atoms in total. The monoisotopic (exact) mass is 302 g/mol. The average Bonchev–Trinajstić information content (AvgIpc) is 2.40. The fourth-order valence-electron chi connectivity index (χ4n) is 1.80. The lowest BCUT2D eigenvalue weighted by Crippen LogP contribution is -2.07. The van der Waals surface area contributed by atoms with Crippen molar-refractivity contribution < 1.29 is 23.0 Å². The minimum atomic E-state index is -4.52. The number of methoxy groups -OCH3 is 1. The van der Waals surface area contributed by atoms with E-state index in [4.69, 9.17) is 16.3 Å². The maximum atomic E-state index is 12.9. The van der Waals surface area contributed by atoms with Crippen LogP contribution in [0.4, 0.5) is 13.2 Å². The van der Waals surface area contributed by atoms with Crippen molar-refractivity contribution in [1.82, 2.24) is 0 Å². The number of benzene rings is 2. The molecule has 2 rings (SSSR count). The highest BCUT2D eigenvalue weighted by Crippen LogP contribution is 2.39. The fourth-order valence-corrected chi connectivity index (χ4v) is 1.92. The normalized spacial score (nSPS) is 11.4. The van der Waals surface area contributed by atoms with Gasteiger partial charge in [0, 0.05) is 0 Å². The van der Waals surface area contributed by atoms with Gasteiger partial charge in [-0.3, -0.25) is 0 Å². The van der Waals surface area contributed by atoms with Gasteiger partial charge in [-0.05, 0) is 35.4 Å². The summed E-state index contributed by atoms with van der Waals surface area (Å²) in [5.41, 5.74) is -0.128. The van der Waals surface area contributed by atoms with Gasteiger partial charge in [-0.2, -0.15) is 13.2 Å². The molecule has 2 aromatic rings. The molecule has 0 aliphatic heterocycles. The minimum absolute atomic E-state index is 0.137. The highest BCUT2D eigenvalue weighted by Gasteiger charge is 2.34. The molecule has 20 heavy (non-hydrogen) atoms. The van der Waals surface area contributed by atoms with Crippen LogP contribution in [0.1, 0.15) is 5.56 Å². The van der Waals surface area contributed by atoms with Crippen LogP contribution in [-0.4, -0.2) is 12.2 Å². The second-order valence-electron chi connectivity index (χ2n) is 4.08. The summed E-state index contributed by atoms with van der Waals surface area (Å²) in [5.74, 6) is -0.437. The molecule has 0 atom stereocenters. The van der Waals surface area contributed by atoms with E-state index >= 15 is 0 Å². The number of rotatable bonds is 2. The Bertz CT molecular complexity index is 639. The van der Waals surface area contributed by atoms with Crippen LogP contribution in [0, 0.1) is 0 Å². The number of phenols is 1. The third-order valence-corrected chi connectivity index (χ3v) is 3.10. The number of halogens is 4. The molecule has 0 aliphatic rings. The van der Waals surface area contributed by atoms with E-state index in [-0.39, 0.29) is 16.5 Å². The predicted molar refractivity (Wildman–Crippen MR) is 70.1 cm³/mol. The molecule has 0 amide bonds. The fraction of sp³-hybridized carbons (Fsp3) is 0.143. The summed E-state index contributed by atoms with van der Waals surface area (Å²) in [4.78, 5) is 0.